The molecule has 0 radical (unpaired) electrons. The molecule has 0 saturated carbocycles. The fourth-order valence-electron chi connectivity index (χ4n) is 3.46. The highest BCUT2D eigenvalue weighted by molar-refractivity contribution is 7.11. The fraction of sp³-hybridized carbons (Fsp3) is 0.409. The Kier molecular flexibility index (Phi) is 7.04. The second kappa shape index (κ2) is 9.69. The number of nitrogens with one attached hydrogen (secondary N) is 1. The zero-order valence-electron chi connectivity index (χ0n) is 16.9. The summed E-state index contributed by atoms with van der Waals surface area (Å²) in [5.74, 6) is -1.40. The number of hydrogen-bond acceptors (Lipinski definition) is 4. The smallest absolute Gasteiger partial charge is 0.313 e. The van der Waals surface area contributed by atoms with Gasteiger partial charge in [-0.1, -0.05) is 43.7 Å². The average Bonchev–Trinajstić information content (AvgIpc) is 3.15. The van der Waals surface area contributed by atoms with E-state index in [0.29, 0.717) is 31.7 Å². The minimum atomic E-state index is -0.818. The summed E-state index contributed by atoms with van der Waals surface area (Å²) in [5.41, 5.74) is 0.704. The molecule has 1 atom stereocenters. The van der Waals surface area contributed by atoms with Gasteiger partial charge in [0.1, 0.15) is 6.04 Å². The quantitative estimate of drug-likeness (QED) is 0.677. The SMILES string of the molecule is CCCCN1CCN(C(C(=O)NCc2ccc(C)s2)c2ccccc2)C(=O)C1=O. The van der Waals surface area contributed by atoms with Crippen molar-refractivity contribution in [2.24, 2.45) is 0 Å². The Labute approximate surface area is 175 Å². The zero-order valence-corrected chi connectivity index (χ0v) is 17.7. The third kappa shape index (κ3) is 5.03. The highest BCUT2D eigenvalue weighted by Crippen LogP contribution is 2.24. The van der Waals surface area contributed by atoms with E-state index in [-0.39, 0.29) is 5.91 Å². The van der Waals surface area contributed by atoms with Crippen LogP contribution in [0.25, 0.3) is 0 Å². The number of amides is 3. The van der Waals surface area contributed by atoms with Crippen LogP contribution in [0.1, 0.15) is 41.1 Å². The first-order valence-corrected chi connectivity index (χ1v) is 10.8. The van der Waals surface area contributed by atoms with Crippen molar-refractivity contribution in [3.05, 3.63) is 57.8 Å². The maximum absolute atomic E-state index is 13.1. The summed E-state index contributed by atoms with van der Waals surface area (Å²) in [4.78, 5) is 43.8. The number of aryl methyl sites for hydroxylation is 1. The first-order valence-electron chi connectivity index (χ1n) is 9.99. The number of hydrogen-bond donors (Lipinski definition) is 1. The molecule has 1 unspecified atom stereocenters. The van der Waals surface area contributed by atoms with E-state index in [0.717, 1.165) is 17.7 Å². The maximum atomic E-state index is 13.1. The standard InChI is InChI=1S/C22H27N3O3S/c1-3-4-12-24-13-14-25(22(28)21(24)27)19(17-8-6-5-7-9-17)20(26)23-15-18-11-10-16(2)29-18/h5-11,19H,3-4,12-15H2,1-2H3,(H,23,26). The van der Waals surface area contributed by atoms with Crippen molar-refractivity contribution in [2.45, 2.75) is 39.3 Å². The van der Waals surface area contributed by atoms with E-state index in [1.807, 2.05) is 56.3 Å². The molecule has 7 heteroatoms. The van der Waals surface area contributed by atoms with Crippen LogP contribution in [0.15, 0.2) is 42.5 Å². The van der Waals surface area contributed by atoms with E-state index >= 15 is 0 Å². The Balaban J connectivity index is 1.78. The zero-order chi connectivity index (χ0) is 20.8. The molecular formula is C22H27N3O3S. The topological polar surface area (TPSA) is 69.7 Å². The fourth-order valence-corrected chi connectivity index (χ4v) is 4.29. The molecule has 6 nitrogen and oxygen atoms in total. The van der Waals surface area contributed by atoms with Crippen LogP contribution in [0.3, 0.4) is 0 Å². The van der Waals surface area contributed by atoms with E-state index in [1.54, 1.807) is 16.2 Å². The van der Waals surface area contributed by atoms with E-state index in [1.165, 1.54) is 9.78 Å². The summed E-state index contributed by atoms with van der Waals surface area (Å²) < 4.78 is 0. The summed E-state index contributed by atoms with van der Waals surface area (Å²) in [7, 11) is 0. The molecule has 3 rings (SSSR count). The van der Waals surface area contributed by atoms with E-state index in [9.17, 15) is 14.4 Å². The van der Waals surface area contributed by atoms with Crippen LogP contribution in [0.5, 0.6) is 0 Å². The van der Waals surface area contributed by atoms with Gasteiger partial charge in [-0.05, 0) is 31.0 Å². The molecule has 3 amide bonds. The molecule has 1 saturated heterocycles. The molecule has 2 aromatic rings. The Morgan fingerprint density at radius 3 is 2.52 bits per heavy atom. The predicted octanol–water partition coefficient (Wildman–Crippen LogP) is 2.88. The number of carbonyl (C=O) groups is 3. The lowest BCUT2D eigenvalue weighted by Gasteiger charge is -2.38. The Morgan fingerprint density at radius 2 is 1.86 bits per heavy atom. The second-order valence-corrected chi connectivity index (χ2v) is 8.56. The van der Waals surface area contributed by atoms with Gasteiger partial charge < -0.3 is 15.1 Å². The first kappa shape index (κ1) is 21.0. The van der Waals surface area contributed by atoms with Gasteiger partial charge in [0.25, 0.3) is 0 Å². The van der Waals surface area contributed by atoms with Crippen LogP contribution >= 0.6 is 11.3 Å². The number of carbonyl (C=O) groups excluding carboxylic acids is 3. The summed E-state index contributed by atoms with van der Waals surface area (Å²) >= 11 is 1.63. The monoisotopic (exact) mass is 413 g/mol. The third-order valence-electron chi connectivity index (χ3n) is 5.03. The largest absolute Gasteiger partial charge is 0.349 e. The highest BCUT2D eigenvalue weighted by Gasteiger charge is 2.39. The molecule has 154 valence electrons. The molecule has 1 aromatic carbocycles. The van der Waals surface area contributed by atoms with Crippen molar-refractivity contribution in [3.63, 3.8) is 0 Å². The molecule has 1 fully saturated rings. The molecule has 1 N–H and O–H groups in total. The lowest BCUT2D eigenvalue weighted by Crippen LogP contribution is -2.57. The van der Waals surface area contributed by atoms with Gasteiger partial charge in [0.2, 0.25) is 5.91 Å². The van der Waals surface area contributed by atoms with Crippen LogP contribution in [-0.2, 0) is 20.9 Å². The van der Waals surface area contributed by atoms with Crippen LogP contribution < -0.4 is 5.32 Å². The third-order valence-corrected chi connectivity index (χ3v) is 6.03. The van der Waals surface area contributed by atoms with Crippen LogP contribution in [0, 0.1) is 6.92 Å². The van der Waals surface area contributed by atoms with Crippen molar-refractivity contribution < 1.29 is 14.4 Å². The number of rotatable bonds is 8. The lowest BCUT2D eigenvalue weighted by atomic mass is 10.0. The molecule has 29 heavy (non-hydrogen) atoms. The molecule has 0 aliphatic carbocycles. The first-order chi connectivity index (χ1) is 14.0. The minimum absolute atomic E-state index is 0.273. The van der Waals surface area contributed by atoms with Crippen molar-refractivity contribution >= 4 is 29.1 Å². The van der Waals surface area contributed by atoms with Gasteiger partial charge in [-0.2, -0.15) is 0 Å². The molecular weight excluding hydrogens is 386 g/mol. The van der Waals surface area contributed by atoms with Crippen molar-refractivity contribution in [1.82, 2.24) is 15.1 Å². The van der Waals surface area contributed by atoms with Crippen LogP contribution in [0.4, 0.5) is 0 Å². The van der Waals surface area contributed by atoms with Gasteiger partial charge >= 0.3 is 11.8 Å². The van der Waals surface area contributed by atoms with Crippen LogP contribution in [-0.4, -0.2) is 47.2 Å². The summed E-state index contributed by atoms with van der Waals surface area (Å²) in [6, 6.07) is 12.4. The Morgan fingerprint density at radius 1 is 1.10 bits per heavy atom. The number of benzene rings is 1. The highest BCUT2D eigenvalue weighted by atomic mass is 32.1. The van der Waals surface area contributed by atoms with Crippen molar-refractivity contribution in [3.8, 4) is 0 Å². The van der Waals surface area contributed by atoms with Gasteiger partial charge in [0.15, 0.2) is 0 Å². The molecule has 1 aliphatic rings. The van der Waals surface area contributed by atoms with Crippen LogP contribution in [0.2, 0.25) is 0 Å². The van der Waals surface area contributed by atoms with Gasteiger partial charge in [0, 0.05) is 29.4 Å². The van der Waals surface area contributed by atoms with Crippen molar-refractivity contribution in [2.75, 3.05) is 19.6 Å². The van der Waals surface area contributed by atoms with Gasteiger partial charge in [-0.15, -0.1) is 11.3 Å². The maximum Gasteiger partial charge on any atom is 0.313 e. The number of piperazine rings is 1. The minimum Gasteiger partial charge on any atom is -0.349 e. The van der Waals surface area contributed by atoms with E-state index in [4.69, 9.17) is 0 Å². The second-order valence-electron chi connectivity index (χ2n) is 7.19. The Hall–Kier alpha value is -2.67. The molecule has 0 bridgehead atoms. The lowest BCUT2D eigenvalue weighted by molar-refractivity contribution is -0.159. The van der Waals surface area contributed by atoms with E-state index in [2.05, 4.69) is 5.32 Å². The molecule has 1 aromatic heterocycles. The number of nitrogens with zero attached hydrogens (tertiary/aromatic N) is 2. The summed E-state index contributed by atoms with van der Waals surface area (Å²) in [6.45, 7) is 5.84. The van der Waals surface area contributed by atoms with Gasteiger partial charge in [-0.3, -0.25) is 14.4 Å². The van der Waals surface area contributed by atoms with Gasteiger partial charge in [0.05, 0.1) is 6.54 Å². The predicted molar refractivity (Wildman–Crippen MR) is 113 cm³/mol. The Bertz CT molecular complexity index is 865. The number of thiophene rings is 1. The van der Waals surface area contributed by atoms with Gasteiger partial charge in [-0.25, -0.2) is 0 Å². The molecule has 2 heterocycles. The normalized spacial score (nSPS) is 15.5. The molecule has 0 spiro atoms. The van der Waals surface area contributed by atoms with Crippen molar-refractivity contribution in [1.29, 1.82) is 0 Å². The number of unbranched alkanes of at least 4 members (excludes halogenated alkanes) is 1. The summed E-state index contributed by atoms with van der Waals surface area (Å²) in [6.07, 6.45) is 1.82. The van der Waals surface area contributed by atoms with E-state index < -0.39 is 17.9 Å². The average molecular weight is 414 g/mol. The molecule has 1 aliphatic heterocycles. The summed E-state index contributed by atoms with van der Waals surface area (Å²) in [5, 5.41) is 2.94.